The van der Waals surface area contributed by atoms with E-state index in [0.29, 0.717) is 29.6 Å². The van der Waals surface area contributed by atoms with E-state index in [1.54, 1.807) is 50.5 Å². The standard InChI is InChI=1S/C24H24F3N5O4/c1-31(2)22(33)14-8-9-18(20(10-14)34-4)29-23-28-11-17(24(25,26)27)21(30-23)36-19-7-5-6-15-12-32(3)35-13-16(15)19/h5-11H,12-13H2,1-4H3,(H,28,29,30). The maximum atomic E-state index is 13.7. The molecule has 0 saturated heterocycles. The highest BCUT2D eigenvalue weighted by Crippen LogP contribution is 2.39. The maximum Gasteiger partial charge on any atom is 0.423 e. The highest BCUT2D eigenvalue weighted by atomic mass is 19.4. The fourth-order valence-electron chi connectivity index (χ4n) is 3.59. The molecule has 0 radical (unpaired) electrons. The summed E-state index contributed by atoms with van der Waals surface area (Å²) in [4.78, 5) is 27.0. The highest BCUT2D eigenvalue weighted by molar-refractivity contribution is 5.95. The number of methoxy groups -OCH3 is 1. The van der Waals surface area contributed by atoms with Crippen LogP contribution in [0.25, 0.3) is 0 Å². The zero-order chi connectivity index (χ0) is 26.0. The van der Waals surface area contributed by atoms with Gasteiger partial charge in [-0.15, -0.1) is 0 Å². The molecule has 0 fully saturated rings. The van der Waals surface area contributed by atoms with Crippen molar-refractivity contribution >= 4 is 17.5 Å². The second kappa shape index (κ2) is 9.99. The number of rotatable bonds is 6. The lowest BCUT2D eigenvalue weighted by atomic mass is 10.1. The van der Waals surface area contributed by atoms with Crippen molar-refractivity contribution in [2.75, 3.05) is 33.6 Å². The summed E-state index contributed by atoms with van der Waals surface area (Å²) in [6.07, 6.45) is -4.09. The number of anilines is 2. The van der Waals surface area contributed by atoms with Gasteiger partial charge in [0, 0.05) is 45.0 Å². The smallest absolute Gasteiger partial charge is 0.423 e. The second-order valence-electron chi connectivity index (χ2n) is 8.21. The third kappa shape index (κ3) is 5.34. The average Bonchev–Trinajstić information content (AvgIpc) is 2.83. The van der Waals surface area contributed by atoms with Crippen molar-refractivity contribution in [2.45, 2.75) is 19.3 Å². The molecule has 0 unspecified atom stereocenters. The van der Waals surface area contributed by atoms with Crippen molar-refractivity contribution in [3.8, 4) is 17.4 Å². The minimum Gasteiger partial charge on any atom is -0.495 e. The van der Waals surface area contributed by atoms with Gasteiger partial charge < -0.3 is 19.7 Å². The molecule has 1 aliphatic heterocycles. The minimum atomic E-state index is -4.74. The maximum absolute atomic E-state index is 13.7. The van der Waals surface area contributed by atoms with Crippen molar-refractivity contribution in [1.29, 1.82) is 0 Å². The first kappa shape index (κ1) is 25.2. The van der Waals surface area contributed by atoms with Crippen molar-refractivity contribution in [3.63, 3.8) is 0 Å². The number of fused-ring (bicyclic) bond motifs is 1. The van der Waals surface area contributed by atoms with Crippen LogP contribution in [0.5, 0.6) is 17.4 Å². The summed E-state index contributed by atoms with van der Waals surface area (Å²) in [6, 6.07) is 9.74. The molecule has 3 aromatic rings. The molecule has 0 bridgehead atoms. The van der Waals surface area contributed by atoms with Crippen LogP contribution < -0.4 is 14.8 Å². The quantitative estimate of drug-likeness (QED) is 0.522. The number of alkyl halides is 3. The van der Waals surface area contributed by atoms with Gasteiger partial charge in [-0.1, -0.05) is 12.1 Å². The zero-order valence-electron chi connectivity index (χ0n) is 20.0. The lowest BCUT2D eigenvalue weighted by Gasteiger charge is -2.26. The molecule has 0 aliphatic carbocycles. The predicted molar refractivity (Wildman–Crippen MR) is 124 cm³/mol. The van der Waals surface area contributed by atoms with Crippen molar-refractivity contribution in [1.82, 2.24) is 19.9 Å². The van der Waals surface area contributed by atoms with Crippen LogP contribution in [0, 0.1) is 0 Å². The van der Waals surface area contributed by atoms with Crippen molar-refractivity contribution < 1.29 is 32.3 Å². The molecule has 4 rings (SSSR count). The predicted octanol–water partition coefficient (Wildman–Crippen LogP) is 4.62. The number of nitrogens with one attached hydrogen (secondary N) is 1. The summed E-state index contributed by atoms with van der Waals surface area (Å²) in [5.74, 6) is -0.552. The SMILES string of the molecule is COc1cc(C(=O)N(C)C)ccc1Nc1ncc(C(F)(F)F)c(Oc2cccc3c2CON(C)C3)n1. The molecule has 0 saturated carbocycles. The van der Waals surface area contributed by atoms with E-state index in [2.05, 4.69) is 15.3 Å². The lowest BCUT2D eigenvalue weighted by molar-refractivity contribution is -0.168. The van der Waals surface area contributed by atoms with Gasteiger partial charge in [-0.3, -0.25) is 9.63 Å². The summed E-state index contributed by atoms with van der Waals surface area (Å²) in [5, 5.41) is 4.47. The van der Waals surface area contributed by atoms with Crippen LogP contribution in [0.2, 0.25) is 0 Å². The molecule has 1 amide bonds. The monoisotopic (exact) mass is 503 g/mol. The summed E-state index contributed by atoms with van der Waals surface area (Å²) < 4.78 is 52.2. The van der Waals surface area contributed by atoms with Gasteiger partial charge in [0.2, 0.25) is 11.8 Å². The topological polar surface area (TPSA) is 89.0 Å². The number of aromatic nitrogens is 2. The average molecular weight is 503 g/mol. The molecule has 1 N–H and O–H groups in total. The summed E-state index contributed by atoms with van der Waals surface area (Å²) in [6.45, 7) is 0.607. The third-order valence-corrected chi connectivity index (χ3v) is 5.42. The van der Waals surface area contributed by atoms with E-state index in [0.717, 1.165) is 5.56 Å². The van der Waals surface area contributed by atoms with Gasteiger partial charge in [0.15, 0.2) is 0 Å². The van der Waals surface area contributed by atoms with Gasteiger partial charge in [-0.2, -0.15) is 23.2 Å². The molecule has 0 atom stereocenters. The highest BCUT2D eigenvalue weighted by Gasteiger charge is 2.37. The number of halogens is 3. The number of carbonyl (C=O) groups excluding carboxylic acids is 1. The van der Waals surface area contributed by atoms with Crippen LogP contribution in [-0.4, -0.2) is 54.1 Å². The molecule has 9 nitrogen and oxygen atoms in total. The fraction of sp³-hybridized carbons (Fsp3) is 0.292. The van der Waals surface area contributed by atoms with Gasteiger partial charge >= 0.3 is 6.18 Å². The number of ether oxygens (including phenoxy) is 2. The van der Waals surface area contributed by atoms with Crippen LogP contribution >= 0.6 is 0 Å². The first-order chi connectivity index (χ1) is 17.1. The Labute approximate surface area is 205 Å². The first-order valence-corrected chi connectivity index (χ1v) is 10.8. The van der Waals surface area contributed by atoms with Crippen molar-refractivity contribution in [2.24, 2.45) is 0 Å². The van der Waals surface area contributed by atoms with E-state index in [1.807, 2.05) is 6.07 Å². The summed E-state index contributed by atoms with van der Waals surface area (Å²) in [7, 11) is 6.40. The lowest BCUT2D eigenvalue weighted by Crippen LogP contribution is -2.24. The number of hydroxylamine groups is 2. The van der Waals surface area contributed by atoms with E-state index in [-0.39, 0.29) is 30.0 Å². The van der Waals surface area contributed by atoms with E-state index in [4.69, 9.17) is 14.3 Å². The molecule has 190 valence electrons. The van der Waals surface area contributed by atoms with Gasteiger partial charge in [0.1, 0.15) is 17.1 Å². The van der Waals surface area contributed by atoms with E-state index in [1.165, 1.54) is 18.1 Å². The Balaban J connectivity index is 1.68. The zero-order valence-corrected chi connectivity index (χ0v) is 20.0. The molecule has 0 spiro atoms. The summed E-state index contributed by atoms with van der Waals surface area (Å²) >= 11 is 0. The fourth-order valence-corrected chi connectivity index (χ4v) is 3.59. The van der Waals surface area contributed by atoms with Crippen LogP contribution in [0.15, 0.2) is 42.6 Å². The van der Waals surface area contributed by atoms with Crippen LogP contribution in [0.3, 0.4) is 0 Å². The molecule has 2 aromatic carbocycles. The van der Waals surface area contributed by atoms with Gasteiger partial charge in [-0.25, -0.2) is 4.98 Å². The molecular formula is C24H24F3N5O4. The Bertz CT molecular complexity index is 1280. The van der Waals surface area contributed by atoms with Gasteiger partial charge in [0.25, 0.3) is 5.91 Å². The number of nitrogens with zero attached hydrogens (tertiary/aromatic N) is 4. The van der Waals surface area contributed by atoms with E-state index >= 15 is 0 Å². The van der Waals surface area contributed by atoms with Crippen LogP contribution in [0.1, 0.15) is 27.0 Å². The molecule has 1 aliphatic rings. The molecule has 12 heteroatoms. The van der Waals surface area contributed by atoms with E-state index < -0.39 is 17.6 Å². The minimum absolute atomic E-state index is 0.148. The van der Waals surface area contributed by atoms with Crippen molar-refractivity contribution in [3.05, 3.63) is 64.8 Å². The number of amides is 1. The molecular weight excluding hydrogens is 479 g/mol. The molecule has 1 aromatic heterocycles. The second-order valence-corrected chi connectivity index (χ2v) is 8.21. The first-order valence-electron chi connectivity index (χ1n) is 10.8. The largest absolute Gasteiger partial charge is 0.495 e. The number of hydrogen-bond donors (Lipinski definition) is 1. The van der Waals surface area contributed by atoms with Gasteiger partial charge in [0.05, 0.1) is 19.4 Å². The Morgan fingerprint density at radius 1 is 1.19 bits per heavy atom. The van der Waals surface area contributed by atoms with Gasteiger partial charge in [-0.05, 0) is 29.8 Å². The number of benzene rings is 2. The molecule has 2 heterocycles. The Hall–Kier alpha value is -3.90. The third-order valence-electron chi connectivity index (χ3n) is 5.42. The van der Waals surface area contributed by atoms with Crippen LogP contribution in [-0.2, 0) is 24.2 Å². The number of hydrogen-bond acceptors (Lipinski definition) is 8. The van der Waals surface area contributed by atoms with E-state index in [9.17, 15) is 18.0 Å². The Morgan fingerprint density at radius 2 is 1.97 bits per heavy atom. The van der Waals surface area contributed by atoms with Crippen LogP contribution in [0.4, 0.5) is 24.8 Å². The normalized spacial score (nSPS) is 13.6. The summed E-state index contributed by atoms with van der Waals surface area (Å²) in [5.41, 5.74) is 1.12. The molecule has 36 heavy (non-hydrogen) atoms. The number of carbonyl (C=O) groups is 1. The Kier molecular flexibility index (Phi) is 7.00. The Morgan fingerprint density at radius 3 is 2.67 bits per heavy atom.